The lowest BCUT2D eigenvalue weighted by Gasteiger charge is -2.40. The molecule has 0 aliphatic carbocycles. The summed E-state index contributed by atoms with van der Waals surface area (Å²) in [5.41, 5.74) is 0. The van der Waals surface area contributed by atoms with Gasteiger partial charge in [-0.1, -0.05) is 0 Å². The molecule has 10 heteroatoms. The lowest BCUT2D eigenvalue weighted by molar-refractivity contribution is -0.310. The Balaban J connectivity index is 2.77. The fraction of sp³-hybridized carbons (Fsp3) is 0.800. The van der Waals surface area contributed by atoms with Crippen LogP contribution in [0.1, 0.15) is 6.42 Å². The molecule has 6 N–H and O–H groups in total. The van der Waals surface area contributed by atoms with Crippen LogP contribution in [0.2, 0.25) is 0 Å². The summed E-state index contributed by atoms with van der Waals surface area (Å²) in [6, 6.07) is 0. The van der Waals surface area contributed by atoms with Crippen LogP contribution in [0.4, 0.5) is 0 Å². The molecule has 10 nitrogen and oxygen atoms in total. The van der Waals surface area contributed by atoms with E-state index in [2.05, 4.69) is 0 Å². The molecular formula is C10H16O10. The van der Waals surface area contributed by atoms with E-state index in [9.17, 15) is 24.9 Å². The topological polar surface area (TPSA) is 174 Å². The zero-order chi connectivity index (χ0) is 15.4. The summed E-state index contributed by atoms with van der Waals surface area (Å²) in [5.74, 6) is -3.04. The van der Waals surface area contributed by atoms with Gasteiger partial charge in [0.25, 0.3) is 0 Å². The first kappa shape index (κ1) is 16.8. The maximum Gasteiger partial charge on any atom is 0.333 e. The average Bonchev–Trinajstić information content (AvgIpc) is 2.37. The van der Waals surface area contributed by atoms with Crippen molar-refractivity contribution in [2.24, 2.45) is 0 Å². The maximum atomic E-state index is 10.8. The predicted molar refractivity (Wildman–Crippen MR) is 58.5 cm³/mol. The van der Waals surface area contributed by atoms with Gasteiger partial charge in [0.15, 0.2) is 12.4 Å². The van der Waals surface area contributed by atoms with Crippen molar-refractivity contribution < 1.29 is 49.7 Å². The fourth-order valence-corrected chi connectivity index (χ4v) is 1.69. The van der Waals surface area contributed by atoms with Crippen LogP contribution in [-0.2, 0) is 19.1 Å². The van der Waals surface area contributed by atoms with Crippen molar-refractivity contribution in [1.82, 2.24) is 0 Å². The highest BCUT2D eigenvalue weighted by atomic mass is 16.7. The van der Waals surface area contributed by atoms with Crippen LogP contribution in [0, 0.1) is 0 Å². The van der Waals surface area contributed by atoms with Gasteiger partial charge >= 0.3 is 11.9 Å². The Morgan fingerprint density at radius 2 is 1.70 bits per heavy atom. The van der Waals surface area contributed by atoms with Gasteiger partial charge in [0.2, 0.25) is 0 Å². The maximum absolute atomic E-state index is 10.8. The number of carboxylic acid groups (broad SMARTS) is 2. The number of aliphatic hydroxyl groups is 4. The zero-order valence-corrected chi connectivity index (χ0v) is 10.2. The van der Waals surface area contributed by atoms with Crippen molar-refractivity contribution >= 4 is 11.9 Å². The highest BCUT2D eigenvalue weighted by molar-refractivity contribution is 5.79. The van der Waals surface area contributed by atoms with Crippen LogP contribution in [0.5, 0.6) is 0 Å². The van der Waals surface area contributed by atoms with Gasteiger partial charge in [-0.25, -0.2) is 4.79 Å². The molecular weight excluding hydrogens is 280 g/mol. The first-order valence-electron chi connectivity index (χ1n) is 5.68. The molecule has 1 rings (SSSR count). The zero-order valence-electron chi connectivity index (χ0n) is 10.2. The average molecular weight is 296 g/mol. The van der Waals surface area contributed by atoms with E-state index < -0.39 is 61.8 Å². The van der Waals surface area contributed by atoms with Crippen LogP contribution < -0.4 is 0 Å². The summed E-state index contributed by atoms with van der Waals surface area (Å²) in [4.78, 5) is 21.3. The quantitative estimate of drug-likeness (QED) is 0.292. The van der Waals surface area contributed by atoms with Crippen molar-refractivity contribution in [2.45, 2.75) is 43.2 Å². The Kier molecular flexibility index (Phi) is 5.80. The molecule has 0 aromatic heterocycles. The first-order chi connectivity index (χ1) is 9.27. The summed E-state index contributed by atoms with van der Waals surface area (Å²) in [6.45, 7) is -0.707. The molecule has 0 aromatic carbocycles. The van der Waals surface area contributed by atoms with E-state index in [0.29, 0.717) is 0 Å². The number of rotatable bonds is 6. The minimum absolute atomic E-state index is 0.707. The summed E-state index contributed by atoms with van der Waals surface area (Å²) in [7, 11) is 0. The van der Waals surface area contributed by atoms with Crippen molar-refractivity contribution in [3.8, 4) is 0 Å². The standard InChI is InChI=1S/C10H16O10/c11-2-4-6(14)7(15)8(16)10(20-4)19-3(9(17)18)1-5(12)13/h3-4,6-8,10-11,14-16H,1-2H2,(H,12,13)(H,17,18)/t3?,4-,6-,7?,8?,10?/m1/s1. The normalized spacial score (nSPS) is 35.5. The molecule has 4 unspecified atom stereocenters. The lowest BCUT2D eigenvalue weighted by Crippen LogP contribution is -2.60. The van der Waals surface area contributed by atoms with E-state index in [4.69, 9.17) is 24.8 Å². The number of carbonyl (C=O) groups is 2. The molecule has 1 aliphatic heterocycles. The highest BCUT2D eigenvalue weighted by Gasteiger charge is 2.45. The third-order valence-corrected chi connectivity index (χ3v) is 2.78. The Morgan fingerprint density at radius 1 is 1.10 bits per heavy atom. The molecule has 0 aromatic rings. The monoisotopic (exact) mass is 296 g/mol. The number of carboxylic acids is 2. The Morgan fingerprint density at radius 3 is 2.15 bits per heavy atom. The van der Waals surface area contributed by atoms with Gasteiger partial charge in [-0.15, -0.1) is 0 Å². The second kappa shape index (κ2) is 6.92. The molecule has 0 bridgehead atoms. The minimum Gasteiger partial charge on any atom is -0.481 e. The summed E-state index contributed by atoms with van der Waals surface area (Å²) >= 11 is 0. The molecule has 0 spiro atoms. The smallest absolute Gasteiger partial charge is 0.333 e. The van der Waals surface area contributed by atoms with Gasteiger partial charge in [0.05, 0.1) is 13.0 Å². The Hall–Kier alpha value is -1.30. The third-order valence-electron chi connectivity index (χ3n) is 2.78. The van der Waals surface area contributed by atoms with Gasteiger partial charge in [-0.3, -0.25) is 4.79 Å². The summed E-state index contributed by atoms with van der Waals surface area (Å²) in [5, 5.41) is 54.8. The molecule has 1 aliphatic rings. The van der Waals surface area contributed by atoms with Crippen molar-refractivity contribution in [2.75, 3.05) is 6.61 Å². The SMILES string of the molecule is O=C(O)CC(OC1O[C@H](CO)[C@@H](O)C(O)C1O)C(=O)O. The van der Waals surface area contributed by atoms with Gasteiger partial charge in [0.1, 0.15) is 24.4 Å². The number of ether oxygens (including phenoxy) is 2. The Bertz CT molecular complexity index is 356. The van der Waals surface area contributed by atoms with Crippen LogP contribution >= 0.6 is 0 Å². The van der Waals surface area contributed by atoms with E-state index in [1.54, 1.807) is 0 Å². The predicted octanol–water partition coefficient (Wildman–Crippen LogP) is -3.27. The first-order valence-corrected chi connectivity index (χ1v) is 5.68. The second-order valence-corrected chi connectivity index (χ2v) is 4.26. The molecule has 20 heavy (non-hydrogen) atoms. The number of hydrogen-bond acceptors (Lipinski definition) is 8. The minimum atomic E-state index is -1.81. The van der Waals surface area contributed by atoms with E-state index >= 15 is 0 Å². The molecule has 0 saturated carbocycles. The molecule has 116 valence electrons. The molecule has 1 fully saturated rings. The number of aliphatic hydroxyl groups excluding tert-OH is 4. The van der Waals surface area contributed by atoms with Gasteiger partial charge < -0.3 is 40.1 Å². The van der Waals surface area contributed by atoms with Crippen LogP contribution in [0.3, 0.4) is 0 Å². The number of hydrogen-bond donors (Lipinski definition) is 6. The van der Waals surface area contributed by atoms with E-state index in [1.807, 2.05) is 0 Å². The summed E-state index contributed by atoms with van der Waals surface area (Å²) < 4.78 is 9.70. The van der Waals surface area contributed by atoms with Crippen LogP contribution in [0.15, 0.2) is 0 Å². The fourth-order valence-electron chi connectivity index (χ4n) is 1.69. The van der Waals surface area contributed by atoms with E-state index in [0.717, 1.165) is 0 Å². The summed E-state index contributed by atoms with van der Waals surface area (Å²) in [6.07, 6.45) is -10.8. The third kappa shape index (κ3) is 3.85. The van der Waals surface area contributed by atoms with E-state index in [-0.39, 0.29) is 0 Å². The second-order valence-electron chi connectivity index (χ2n) is 4.26. The Labute approximate surface area is 112 Å². The van der Waals surface area contributed by atoms with E-state index in [1.165, 1.54) is 0 Å². The molecule has 0 radical (unpaired) electrons. The van der Waals surface area contributed by atoms with Crippen LogP contribution in [-0.4, -0.2) is 86.0 Å². The van der Waals surface area contributed by atoms with Gasteiger partial charge in [0, 0.05) is 0 Å². The van der Waals surface area contributed by atoms with Gasteiger partial charge in [-0.2, -0.15) is 0 Å². The van der Waals surface area contributed by atoms with Gasteiger partial charge in [-0.05, 0) is 0 Å². The van der Waals surface area contributed by atoms with Crippen LogP contribution in [0.25, 0.3) is 0 Å². The largest absolute Gasteiger partial charge is 0.481 e. The van der Waals surface area contributed by atoms with Crippen molar-refractivity contribution in [3.63, 3.8) is 0 Å². The van der Waals surface area contributed by atoms with Crippen molar-refractivity contribution in [3.05, 3.63) is 0 Å². The molecule has 0 amide bonds. The molecule has 1 heterocycles. The lowest BCUT2D eigenvalue weighted by atomic mass is 9.99. The number of aliphatic carboxylic acids is 2. The molecule has 6 atom stereocenters. The van der Waals surface area contributed by atoms with Crippen molar-refractivity contribution in [1.29, 1.82) is 0 Å². The molecule has 1 saturated heterocycles. The highest BCUT2D eigenvalue weighted by Crippen LogP contribution is 2.23.